The van der Waals surface area contributed by atoms with Crippen LogP contribution in [0.5, 0.6) is 0 Å². The number of amidine groups is 2. The standard InChI is InChI=1S/C60H106N16O14/c61-48(62)27-15-13-23-42-47(78)38-39(21-19-35-70-59(65)66)53(83)74-44(24-14-16-28-49(63)64)56(86)76-46(58(89)90)31-33-51(80)72-43(54(84)75-45(55(85)73-42)26-20-36-71-60(67)68)25-17-18-34-69-50(79)32-30-40(57(87)88)37-41(77)22-11-9-7-5-3-1-2-4-6-8-10-12-29-52(81)82/h39-40,42-46H,1-38H2,(H3,61,62)(H3,63,64)(H,69,79)(H,72,80)(H,73,85)(H,74,83)(H,75,84)(H,76,86)(H,81,82)(H,87,88)(H,89,90)(H4,65,66,70)(H4,67,68,71)/t39-,40?,42+,43+,44+,45+,46+/m1/s1. The molecule has 1 fully saturated rings. The summed E-state index contributed by atoms with van der Waals surface area (Å²) in [6, 6.07) is -7.07. The van der Waals surface area contributed by atoms with E-state index in [0.29, 0.717) is 25.7 Å². The largest absolute Gasteiger partial charge is 0.481 e. The van der Waals surface area contributed by atoms with Crippen molar-refractivity contribution < 1.29 is 68.1 Å². The van der Waals surface area contributed by atoms with Crippen LogP contribution in [0.25, 0.3) is 0 Å². The van der Waals surface area contributed by atoms with E-state index < -0.39 is 120 Å². The van der Waals surface area contributed by atoms with Gasteiger partial charge in [0.2, 0.25) is 35.4 Å². The van der Waals surface area contributed by atoms with Crippen LogP contribution in [0, 0.1) is 22.7 Å². The molecule has 0 aromatic carbocycles. The highest BCUT2D eigenvalue weighted by atomic mass is 16.4. The van der Waals surface area contributed by atoms with Gasteiger partial charge in [0, 0.05) is 76.9 Å². The van der Waals surface area contributed by atoms with Gasteiger partial charge in [-0.05, 0) is 96.3 Å². The second-order valence-electron chi connectivity index (χ2n) is 23.3. The van der Waals surface area contributed by atoms with Gasteiger partial charge in [-0.2, -0.15) is 0 Å². The molecule has 1 unspecified atom stereocenters. The zero-order valence-electron chi connectivity index (χ0n) is 52.6. The Morgan fingerprint density at radius 1 is 0.500 bits per heavy atom. The lowest BCUT2D eigenvalue weighted by Gasteiger charge is -2.27. The molecule has 1 saturated heterocycles. The van der Waals surface area contributed by atoms with E-state index in [1.54, 1.807) is 0 Å². The van der Waals surface area contributed by atoms with Gasteiger partial charge in [-0.3, -0.25) is 68.7 Å². The van der Waals surface area contributed by atoms with E-state index in [9.17, 15) is 63.0 Å². The summed E-state index contributed by atoms with van der Waals surface area (Å²) in [5, 5.41) is 60.1. The van der Waals surface area contributed by atoms with Gasteiger partial charge in [-0.15, -0.1) is 0 Å². The molecule has 23 N–H and O–H groups in total. The number of guanidine groups is 2. The lowest BCUT2D eigenvalue weighted by molar-refractivity contribution is -0.144. The highest BCUT2D eigenvalue weighted by Crippen LogP contribution is 2.21. The number of ketones is 2. The van der Waals surface area contributed by atoms with Crippen molar-refractivity contribution in [1.29, 1.82) is 10.8 Å². The van der Waals surface area contributed by atoms with Crippen LogP contribution in [0.3, 0.4) is 0 Å². The summed E-state index contributed by atoms with van der Waals surface area (Å²) >= 11 is 0. The Hall–Kier alpha value is -7.95. The van der Waals surface area contributed by atoms with Gasteiger partial charge in [0.1, 0.15) is 30.0 Å². The fraction of sp³-hybridized carbons (Fsp3) is 0.750. The van der Waals surface area contributed by atoms with Crippen molar-refractivity contribution in [3.8, 4) is 0 Å². The minimum atomic E-state index is -1.68. The number of unbranched alkanes of at least 4 members (excludes halogenated alkanes) is 14. The van der Waals surface area contributed by atoms with Crippen molar-refractivity contribution in [2.45, 2.75) is 255 Å². The van der Waals surface area contributed by atoms with Crippen LogP contribution >= 0.6 is 0 Å². The maximum Gasteiger partial charge on any atom is 0.326 e. The van der Waals surface area contributed by atoms with Gasteiger partial charge in [0.25, 0.3) is 0 Å². The Labute approximate surface area is 528 Å². The number of carboxylic acids is 3. The third kappa shape index (κ3) is 40.6. The average molecular weight is 1280 g/mol. The monoisotopic (exact) mass is 1270 g/mol. The molecule has 30 nitrogen and oxygen atoms in total. The second-order valence-corrected chi connectivity index (χ2v) is 23.3. The summed E-state index contributed by atoms with van der Waals surface area (Å²) in [5.41, 5.74) is 33.3. The van der Waals surface area contributed by atoms with Crippen molar-refractivity contribution in [3.05, 3.63) is 0 Å². The number of carbonyl (C=O) groups is 11. The third-order valence-electron chi connectivity index (χ3n) is 15.4. The SMILES string of the molecule is N=C(N)CCCC[C@@H]1NC(=O)[C@H](CCCN=C(N)N)NC(=O)[C@H](CCCCNC(=O)CCC(CC(=O)CCCCCCCCCCCCCCC(=O)O)C(=O)O)NC(=O)CC[C@@H](C(=O)O)NC(=O)[C@H](CCCCC(=N)N)NC(=O)[C@H](CCCN=C(N)N)CC1=O. The Bertz CT molecular complexity index is 2370. The van der Waals surface area contributed by atoms with Crippen LogP contribution in [0.1, 0.15) is 225 Å². The molecule has 0 aromatic rings. The average Bonchev–Trinajstić information content (AvgIpc) is 3.56. The fourth-order valence-corrected chi connectivity index (χ4v) is 10.3. The number of Topliss-reactive ketones (excluding diaryl/α,β-unsaturated/α-hetero) is 2. The van der Waals surface area contributed by atoms with E-state index in [1.807, 2.05) is 0 Å². The smallest absolute Gasteiger partial charge is 0.326 e. The third-order valence-corrected chi connectivity index (χ3v) is 15.4. The van der Waals surface area contributed by atoms with E-state index in [-0.39, 0.29) is 165 Å². The minimum absolute atomic E-state index is 0.00537. The number of nitrogens with one attached hydrogen (secondary N) is 8. The fourth-order valence-electron chi connectivity index (χ4n) is 10.3. The van der Waals surface area contributed by atoms with Crippen LogP contribution in [-0.4, -0.2) is 154 Å². The van der Waals surface area contributed by atoms with Gasteiger partial charge in [0.15, 0.2) is 17.7 Å². The molecule has 0 aliphatic carbocycles. The lowest BCUT2D eigenvalue weighted by Crippen LogP contribution is -2.56. The molecule has 1 aliphatic rings. The van der Waals surface area contributed by atoms with E-state index in [2.05, 4.69) is 41.9 Å². The number of nitrogens with two attached hydrogens (primary N) is 6. The molecule has 7 atom stereocenters. The molecule has 30 heteroatoms. The molecule has 1 heterocycles. The molecule has 0 spiro atoms. The Morgan fingerprint density at radius 2 is 0.933 bits per heavy atom. The van der Waals surface area contributed by atoms with Crippen LogP contribution in [0.2, 0.25) is 0 Å². The number of hydrogen-bond donors (Lipinski definition) is 17. The summed E-state index contributed by atoms with van der Waals surface area (Å²) in [6.45, 7) is 0.153. The first-order valence-electron chi connectivity index (χ1n) is 32.0. The molecule has 0 radical (unpaired) electrons. The summed E-state index contributed by atoms with van der Waals surface area (Å²) in [7, 11) is 0. The maximum absolute atomic E-state index is 14.5. The summed E-state index contributed by atoms with van der Waals surface area (Å²) in [6.07, 6.45) is 12.3. The van der Waals surface area contributed by atoms with Crippen LogP contribution < -0.4 is 66.3 Å². The number of hydrogen-bond acceptors (Lipinski definition) is 15. The van der Waals surface area contributed by atoms with Gasteiger partial charge < -0.3 is 81.6 Å². The molecule has 0 bridgehead atoms. The molecule has 1 rings (SSSR count). The van der Waals surface area contributed by atoms with E-state index >= 15 is 0 Å². The first-order chi connectivity index (χ1) is 42.8. The molecule has 90 heavy (non-hydrogen) atoms. The summed E-state index contributed by atoms with van der Waals surface area (Å²) in [4.78, 5) is 154. The number of amides is 6. The van der Waals surface area contributed by atoms with Crippen LogP contribution in [-0.2, 0) is 52.7 Å². The Morgan fingerprint density at radius 3 is 1.43 bits per heavy atom. The maximum atomic E-state index is 14.5. The summed E-state index contributed by atoms with van der Waals surface area (Å²) < 4.78 is 0. The molecular weight excluding hydrogens is 1170 g/mol. The molecule has 0 saturated carbocycles. The van der Waals surface area contributed by atoms with E-state index in [1.165, 1.54) is 0 Å². The first-order valence-corrected chi connectivity index (χ1v) is 32.0. The van der Waals surface area contributed by atoms with Crippen LogP contribution in [0.15, 0.2) is 9.98 Å². The molecule has 1 aliphatic heterocycles. The first kappa shape index (κ1) is 80.1. The highest BCUT2D eigenvalue weighted by molar-refractivity contribution is 5.97. The molecule has 6 amide bonds. The predicted octanol–water partition coefficient (Wildman–Crippen LogP) is 2.24. The van der Waals surface area contributed by atoms with Crippen molar-refractivity contribution in [2.24, 2.45) is 56.2 Å². The van der Waals surface area contributed by atoms with E-state index in [4.69, 9.17) is 50.3 Å². The van der Waals surface area contributed by atoms with E-state index in [0.717, 1.165) is 64.2 Å². The van der Waals surface area contributed by atoms with Gasteiger partial charge in [0.05, 0.1) is 23.6 Å². The number of aliphatic imine (C=N–C) groups is 2. The van der Waals surface area contributed by atoms with Crippen molar-refractivity contribution in [3.63, 3.8) is 0 Å². The number of aliphatic carboxylic acids is 3. The predicted molar refractivity (Wildman–Crippen MR) is 339 cm³/mol. The van der Waals surface area contributed by atoms with Crippen molar-refractivity contribution >= 4 is 88.5 Å². The van der Waals surface area contributed by atoms with Gasteiger partial charge in [-0.25, -0.2) is 4.79 Å². The Kier molecular flexibility index (Phi) is 42.7. The molecule has 510 valence electrons. The van der Waals surface area contributed by atoms with Crippen LogP contribution in [0.4, 0.5) is 0 Å². The second kappa shape index (κ2) is 48.0. The number of rotatable bonds is 45. The zero-order chi connectivity index (χ0) is 67.2. The molecular formula is C60H106N16O14. The normalized spacial score (nSPS) is 19.1. The number of carbonyl (C=O) groups excluding carboxylic acids is 8. The van der Waals surface area contributed by atoms with Crippen molar-refractivity contribution in [1.82, 2.24) is 31.9 Å². The minimum Gasteiger partial charge on any atom is -0.481 e. The lowest BCUT2D eigenvalue weighted by atomic mass is 9.90. The van der Waals surface area contributed by atoms with Gasteiger partial charge >= 0.3 is 17.9 Å². The number of nitrogens with zero attached hydrogens (tertiary/aromatic N) is 2. The highest BCUT2D eigenvalue weighted by Gasteiger charge is 2.34. The summed E-state index contributed by atoms with van der Waals surface area (Å²) in [5.74, 6) is -11.8. The number of carboxylic acid groups (broad SMARTS) is 3. The topological polar surface area (TPSA) is 549 Å². The quantitative estimate of drug-likeness (QED) is 0.0236. The Balaban J connectivity index is 3.34. The zero-order valence-corrected chi connectivity index (χ0v) is 52.6. The van der Waals surface area contributed by atoms with Crippen molar-refractivity contribution in [2.75, 3.05) is 19.6 Å². The van der Waals surface area contributed by atoms with Gasteiger partial charge in [-0.1, -0.05) is 77.0 Å². The molecule has 0 aromatic heterocycles.